The van der Waals surface area contributed by atoms with Gasteiger partial charge in [-0.25, -0.2) is 4.79 Å². The van der Waals surface area contributed by atoms with Crippen molar-refractivity contribution in [2.24, 2.45) is 11.8 Å². The molecule has 1 aromatic rings. The molecular weight excluding hydrogens is 380 g/mol. The molecule has 168 valence electrons. The number of carbonyl (C=O) groups excluding carboxylic acids is 3. The number of esters is 1. The van der Waals surface area contributed by atoms with Gasteiger partial charge in [0.1, 0.15) is 5.69 Å². The standard InChI is InChI=1S/C24H38N2O4/c1-8-25-17(6)20(16(5)21(25)24(29)30-9-2)22(27)18(7)26(14-15(3)4)23(28)19-12-10-11-13-19/h15,18-19H,8-14H2,1-7H3. The fourth-order valence-electron chi connectivity index (χ4n) is 4.71. The predicted octanol–water partition coefficient (Wildman–Crippen LogP) is 4.55. The third-order valence-electron chi connectivity index (χ3n) is 6.19. The molecule has 1 saturated carbocycles. The monoisotopic (exact) mass is 418 g/mol. The molecule has 2 rings (SSSR count). The Morgan fingerprint density at radius 2 is 1.70 bits per heavy atom. The SMILES string of the molecule is CCOC(=O)c1c(C)c(C(=O)C(C)N(CC(C)C)C(=O)C2CCCC2)c(C)n1CC. The molecule has 1 aliphatic rings. The zero-order valence-corrected chi connectivity index (χ0v) is 19.7. The number of nitrogens with zero attached hydrogens (tertiary/aromatic N) is 2. The van der Waals surface area contributed by atoms with Crippen LogP contribution in [0.1, 0.15) is 92.4 Å². The molecule has 30 heavy (non-hydrogen) atoms. The smallest absolute Gasteiger partial charge is 0.355 e. The Morgan fingerprint density at radius 1 is 1.10 bits per heavy atom. The average molecular weight is 419 g/mol. The van der Waals surface area contributed by atoms with Gasteiger partial charge in [-0.05, 0) is 58.9 Å². The van der Waals surface area contributed by atoms with E-state index in [0.717, 1.165) is 31.4 Å². The van der Waals surface area contributed by atoms with Crippen molar-refractivity contribution in [2.45, 2.75) is 86.7 Å². The fraction of sp³-hybridized carbons (Fsp3) is 0.708. The number of carbonyl (C=O) groups is 3. The summed E-state index contributed by atoms with van der Waals surface area (Å²) in [7, 11) is 0. The molecule has 6 nitrogen and oxygen atoms in total. The molecule has 1 aliphatic carbocycles. The largest absolute Gasteiger partial charge is 0.461 e. The predicted molar refractivity (Wildman–Crippen MR) is 118 cm³/mol. The minimum Gasteiger partial charge on any atom is -0.461 e. The highest BCUT2D eigenvalue weighted by molar-refractivity contribution is 6.06. The highest BCUT2D eigenvalue weighted by Crippen LogP contribution is 2.30. The molecule has 0 bridgehead atoms. The normalized spacial score (nSPS) is 15.5. The summed E-state index contributed by atoms with van der Waals surface area (Å²) in [6.07, 6.45) is 3.97. The van der Waals surface area contributed by atoms with E-state index in [-0.39, 0.29) is 30.1 Å². The number of ether oxygens (including phenoxy) is 1. The molecule has 0 N–H and O–H groups in total. The minimum absolute atomic E-state index is 0.0246. The zero-order valence-electron chi connectivity index (χ0n) is 19.7. The van der Waals surface area contributed by atoms with Gasteiger partial charge in [-0.2, -0.15) is 0 Å². The first-order valence-corrected chi connectivity index (χ1v) is 11.4. The van der Waals surface area contributed by atoms with Crippen LogP contribution in [0.4, 0.5) is 0 Å². The van der Waals surface area contributed by atoms with E-state index in [1.54, 1.807) is 18.7 Å². The second-order valence-electron chi connectivity index (χ2n) is 8.80. The van der Waals surface area contributed by atoms with Crippen LogP contribution in [0, 0.1) is 25.7 Å². The van der Waals surface area contributed by atoms with Crippen molar-refractivity contribution >= 4 is 17.7 Å². The minimum atomic E-state index is -0.569. The summed E-state index contributed by atoms with van der Waals surface area (Å²) in [6.45, 7) is 14.7. The number of ketones is 1. The van der Waals surface area contributed by atoms with Crippen LogP contribution >= 0.6 is 0 Å². The van der Waals surface area contributed by atoms with Crippen molar-refractivity contribution in [1.29, 1.82) is 0 Å². The van der Waals surface area contributed by atoms with Crippen LogP contribution in [-0.4, -0.2) is 46.3 Å². The average Bonchev–Trinajstić information content (AvgIpc) is 3.31. The van der Waals surface area contributed by atoms with Crippen LogP contribution in [-0.2, 0) is 16.1 Å². The molecule has 6 heteroatoms. The quantitative estimate of drug-likeness (QED) is 0.436. The van der Waals surface area contributed by atoms with Crippen LogP contribution in [0.2, 0.25) is 0 Å². The number of hydrogen-bond acceptors (Lipinski definition) is 4. The van der Waals surface area contributed by atoms with E-state index in [2.05, 4.69) is 13.8 Å². The van der Waals surface area contributed by atoms with Crippen molar-refractivity contribution in [3.05, 3.63) is 22.5 Å². The van der Waals surface area contributed by atoms with E-state index < -0.39 is 12.0 Å². The molecule has 1 fully saturated rings. The van der Waals surface area contributed by atoms with Crippen LogP contribution in [0.25, 0.3) is 0 Å². The number of Topliss-reactive ketones (excluding diaryl/α,β-unsaturated/α-hetero) is 1. The molecule has 0 spiro atoms. The van der Waals surface area contributed by atoms with Gasteiger partial charge in [0, 0.05) is 30.3 Å². The van der Waals surface area contributed by atoms with Crippen molar-refractivity contribution in [3.8, 4) is 0 Å². The lowest BCUT2D eigenvalue weighted by atomic mass is 9.97. The Balaban J connectivity index is 2.43. The van der Waals surface area contributed by atoms with Crippen LogP contribution in [0.5, 0.6) is 0 Å². The van der Waals surface area contributed by atoms with Gasteiger partial charge in [-0.15, -0.1) is 0 Å². The molecule has 1 unspecified atom stereocenters. The van der Waals surface area contributed by atoms with E-state index >= 15 is 0 Å². The lowest BCUT2D eigenvalue weighted by Crippen LogP contribution is -2.47. The number of amides is 1. The van der Waals surface area contributed by atoms with Gasteiger partial charge in [0.15, 0.2) is 5.78 Å². The molecule has 1 heterocycles. The second-order valence-corrected chi connectivity index (χ2v) is 8.80. The Bertz CT molecular complexity index is 788. The summed E-state index contributed by atoms with van der Waals surface area (Å²) in [5.41, 5.74) is 2.38. The summed E-state index contributed by atoms with van der Waals surface area (Å²) in [4.78, 5) is 41.2. The lowest BCUT2D eigenvalue weighted by Gasteiger charge is -2.32. The summed E-state index contributed by atoms with van der Waals surface area (Å²) >= 11 is 0. The van der Waals surface area contributed by atoms with Crippen molar-refractivity contribution < 1.29 is 19.1 Å². The van der Waals surface area contributed by atoms with Gasteiger partial charge in [0.05, 0.1) is 12.6 Å². The lowest BCUT2D eigenvalue weighted by molar-refractivity contribution is -0.137. The maximum absolute atomic E-state index is 13.6. The van der Waals surface area contributed by atoms with E-state index in [4.69, 9.17) is 4.74 Å². The Morgan fingerprint density at radius 3 is 2.20 bits per heavy atom. The Labute approximate surface area is 181 Å². The summed E-state index contributed by atoms with van der Waals surface area (Å²) in [6, 6.07) is -0.569. The highest BCUT2D eigenvalue weighted by atomic mass is 16.5. The summed E-state index contributed by atoms with van der Waals surface area (Å²) in [5.74, 6) is -0.125. The molecule has 1 amide bonds. The third kappa shape index (κ3) is 4.79. The van der Waals surface area contributed by atoms with Gasteiger partial charge in [-0.3, -0.25) is 9.59 Å². The van der Waals surface area contributed by atoms with Crippen molar-refractivity contribution in [2.75, 3.05) is 13.2 Å². The molecule has 0 aromatic carbocycles. The fourth-order valence-corrected chi connectivity index (χ4v) is 4.71. The van der Waals surface area contributed by atoms with E-state index in [9.17, 15) is 14.4 Å². The first-order valence-electron chi connectivity index (χ1n) is 11.4. The van der Waals surface area contributed by atoms with Crippen molar-refractivity contribution in [3.63, 3.8) is 0 Å². The van der Waals surface area contributed by atoms with Gasteiger partial charge in [-0.1, -0.05) is 26.7 Å². The van der Waals surface area contributed by atoms with Gasteiger partial charge < -0.3 is 14.2 Å². The molecule has 1 aromatic heterocycles. The zero-order chi connectivity index (χ0) is 22.6. The van der Waals surface area contributed by atoms with E-state index in [1.165, 1.54) is 0 Å². The maximum atomic E-state index is 13.6. The van der Waals surface area contributed by atoms with E-state index in [0.29, 0.717) is 29.9 Å². The first kappa shape index (κ1) is 24.2. The van der Waals surface area contributed by atoms with Crippen molar-refractivity contribution in [1.82, 2.24) is 9.47 Å². The van der Waals surface area contributed by atoms with E-state index in [1.807, 2.05) is 25.3 Å². The molecular formula is C24H38N2O4. The van der Waals surface area contributed by atoms with Crippen LogP contribution in [0.3, 0.4) is 0 Å². The summed E-state index contributed by atoms with van der Waals surface area (Å²) in [5, 5.41) is 0. The highest BCUT2D eigenvalue weighted by Gasteiger charge is 2.36. The molecule has 1 atom stereocenters. The second kappa shape index (κ2) is 10.3. The number of rotatable bonds is 9. The Hall–Kier alpha value is -2.11. The first-order chi connectivity index (χ1) is 14.1. The molecule has 0 radical (unpaired) electrons. The summed E-state index contributed by atoms with van der Waals surface area (Å²) < 4.78 is 7.08. The number of aromatic nitrogens is 1. The van der Waals surface area contributed by atoms with Crippen LogP contribution < -0.4 is 0 Å². The molecule has 0 saturated heterocycles. The Kier molecular flexibility index (Phi) is 8.27. The number of hydrogen-bond donors (Lipinski definition) is 0. The van der Waals surface area contributed by atoms with Crippen LogP contribution in [0.15, 0.2) is 0 Å². The third-order valence-corrected chi connectivity index (χ3v) is 6.19. The molecule has 0 aliphatic heterocycles. The van der Waals surface area contributed by atoms with Gasteiger partial charge >= 0.3 is 5.97 Å². The maximum Gasteiger partial charge on any atom is 0.355 e. The topological polar surface area (TPSA) is 68.6 Å². The van der Waals surface area contributed by atoms with Gasteiger partial charge in [0.2, 0.25) is 5.91 Å². The van der Waals surface area contributed by atoms with Gasteiger partial charge in [0.25, 0.3) is 0 Å².